The number of nitrogens with zero attached hydrogens (tertiary/aromatic N) is 4. The van der Waals surface area contributed by atoms with E-state index in [1.807, 2.05) is 63.6 Å². The molecule has 5 heterocycles. The van der Waals surface area contributed by atoms with Crippen LogP contribution in [0.1, 0.15) is 96.5 Å². The van der Waals surface area contributed by atoms with Crippen molar-refractivity contribution in [1.82, 2.24) is 40.4 Å². The van der Waals surface area contributed by atoms with E-state index in [9.17, 15) is 19.2 Å². The number of benzene rings is 3. The maximum atomic E-state index is 14.0. The molecule has 5 aromatic rings. The number of fused-ring (bicyclic) bond motifs is 6. The first-order valence-corrected chi connectivity index (χ1v) is 20.9. The van der Waals surface area contributed by atoms with Gasteiger partial charge in [-0.2, -0.15) is 0 Å². The molecule has 0 bridgehead atoms. The van der Waals surface area contributed by atoms with Gasteiger partial charge in [-0.1, -0.05) is 45.9 Å². The number of carbonyl (C=O) groups excluding carboxylic acids is 4. The van der Waals surface area contributed by atoms with Crippen LogP contribution in [0.4, 0.5) is 9.59 Å². The van der Waals surface area contributed by atoms with Gasteiger partial charge in [0.1, 0.15) is 36.1 Å². The Morgan fingerprint density at radius 2 is 1.38 bits per heavy atom. The van der Waals surface area contributed by atoms with Crippen molar-refractivity contribution in [3.05, 3.63) is 65.9 Å². The molecule has 6 atom stereocenters. The van der Waals surface area contributed by atoms with E-state index < -0.39 is 24.3 Å². The summed E-state index contributed by atoms with van der Waals surface area (Å²) in [5.74, 6) is 1.63. The number of aromatic amines is 2. The molecular weight excluding hydrogens is 765 g/mol. The van der Waals surface area contributed by atoms with E-state index in [2.05, 4.69) is 57.0 Å². The normalized spacial score (nSPS) is 20.8. The fourth-order valence-corrected chi connectivity index (χ4v) is 9.26. The largest absolute Gasteiger partial charge is 0.488 e. The van der Waals surface area contributed by atoms with Crippen molar-refractivity contribution in [2.24, 2.45) is 11.8 Å². The summed E-state index contributed by atoms with van der Waals surface area (Å²) in [6.07, 6.45) is 3.69. The number of alkyl carbamates (subject to hydrolysis) is 2. The van der Waals surface area contributed by atoms with Gasteiger partial charge in [0.25, 0.3) is 0 Å². The Hall–Kier alpha value is -6.12. The molecule has 15 nitrogen and oxygen atoms in total. The van der Waals surface area contributed by atoms with E-state index in [1.165, 1.54) is 14.2 Å². The fourth-order valence-electron chi connectivity index (χ4n) is 9.26. The Bertz CT molecular complexity index is 2470. The second-order valence-corrected chi connectivity index (χ2v) is 17.1. The molecule has 316 valence electrons. The molecule has 3 aromatic carbocycles. The molecule has 0 aliphatic carbocycles. The number of amides is 4. The molecule has 2 aromatic heterocycles. The highest BCUT2D eigenvalue weighted by atomic mass is 16.5. The minimum Gasteiger partial charge on any atom is -0.488 e. The molecular formula is C45H54N8O7. The summed E-state index contributed by atoms with van der Waals surface area (Å²) in [5, 5.41) is 7.46. The number of hydrogen-bond donors (Lipinski definition) is 4. The number of carbonyl (C=O) groups is 4. The van der Waals surface area contributed by atoms with E-state index in [0.717, 1.165) is 81.2 Å². The van der Waals surface area contributed by atoms with Crippen molar-refractivity contribution < 1.29 is 33.4 Å². The number of ether oxygens (including phenoxy) is 3. The second-order valence-electron chi connectivity index (χ2n) is 17.1. The highest BCUT2D eigenvalue weighted by Crippen LogP contribution is 2.44. The van der Waals surface area contributed by atoms with Crippen LogP contribution in [-0.4, -0.2) is 92.1 Å². The molecule has 1 unspecified atom stereocenters. The number of H-pyrrole nitrogens is 2. The van der Waals surface area contributed by atoms with Crippen LogP contribution in [0.25, 0.3) is 44.2 Å². The highest BCUT2D eigenvalue weighted by Gasteiger charge is 2.43. The predicted molar refractivity (Wildman–Crippen MR) is 226 cm³/mol. The van der Waals surface area contributed by atoms with Crippen molar-refractivity contribution in [3.8, 4) is 28.1 Å². The Labute approximate surface area is 348 Å². The smallest absolute Gasteiger partial charge is 0.407 e. The van der Waals surface area contributed by atoms with Gasteiger partial charge in [0.15, 0.2) is 0 Å². The van der Waals surface area contributed by atoms with Crippen LogP contribution in [0, 0.1) is 11.8 Å². The molecule has 0 saturated carbocycles. The number of methoxy groups -OCH3 is 2. The van der Waals surface area contributed by atoms with E-state index in [0.29, 0.717) is 18.3 Å². The van der Waals surface area contributed by atoms with Gasteiger partial charge in [0.05, 0.1) is 49.2 Å². The molecule has 3 aliphatic heterocycles. The fraction of sp³-hybridized carbons (Fsp3) is 0.467. The van der Waals surface area contributed by atoms with Crippen LogP contribution in [0.2, 0.25) is 0 Å². The maximum absolute atomic E-state index is 14.0. The summed E-state index contributed by atoms with van der Waals surface area (Å²) in [5.41, 5.74) is 6.59. The SMILES string of the molecule is COC(=O)NC(C(=O)N1[C@@H](C)CC[C@H]1c1ncc(-c2ccc3c(c2)COc2cc4c(ccc5nc([C@@H]6CC[C@H](C)N6C(=O)[C@@H](NC(=O)OC)C(C)C)[nH]c54)cc2-3)[nH]1)C(C)C. The van der Waals surface area contributed by atoms with E-state index in [4.69, 9.17) is 24.2 Å². The van der Waals surface area contributed by atoms with Crippen LogP contribution in [0.15, 0.2) is 48.7 Å². The van der Waals surface area contributed by atoms with Crippen LogP contribution in [-0.2, 0) is 25.7 Å². The molecule has 0 spiro atoms. The molecule has 3 aliphatic rings. The van der Waals surface area contributed by atoms with Crippen molar-refractivity contribution >= 4 is 45.8 Å². The number of likely N-dealkylation sites (tertiary alicyclic amines) is 2. The Balaban J connectivity index is 1.05. The number of hydrogen-bond acceptors (Lipinski definition) is 9. The monoisotopic (exact) mass is 818 g/mol. The molecule has 0 radical (unpaired) electrons. The zero-order valence-corrected chi connectivity index (χ0v) is 35.4. The quantitative estimate of drug-likeness (QED) is 0.117. The van der Waals surface area contributed by atoms with Crippen molar-refractivity contribution in [3.63, 3.8) is 0 Å². The van der Waals surface area contributed by atoms with Crippen LogP contribution >= 0.6 is 0 Å². The predicted octanol–water partition coefficient (Wildman–Crippen LogP) is 7.53. The van der Waals surface area contributed by atoms with Crippen molar-refractivity contribution in [1.29, 1.82) is 0 Å². The molecule has 15 heteroatoms. The number of nitrogens with one attached hydrogen (secondary N) is 4. The molecule has 2 fully saturated rings. The summed E-state index contributed by atoms with van der Waals surface area (Å²) < 4.78 is 16.1. The van der Waals surface area contributed by atoms with Crippen LogP contribution in [0.5, 0.6) is 5.75 Å². The topological polar surface area (TPSA) is 184 Å². The van der Waals surface area contributed by atoms with Crippen LogP contribution in [0.3, 0.4) is 0 Å². The van der Waals surface area contributed by atoms with E-state index >= 15 is 0 Å². The summed E-state index contributed by atoms with van der Waals surface area (Å²) in [7, 11) is 2.59. The minimum atomic E-state index is -0.726. The average Bonchev–Trinajstić information content (AvgIpc) is 4.06. The van der Waals surface area contributed by atoms with Gasteiger partial charge >= 0.3 is 12.2 Å². The molecule has 60 heavy (non-hydrogen) atoms. The Morgan fingerprint density at radius 3 is 1.98 bits per heavy atom. The average molecular weight is 819 g/mol. The summed E-state index contributed by atoms with van der Waals surface area (Å²) >= 11 is 0. The van der Waals surface area contributed by atoms with Crippen LogP contribution < -0.4 is 15.4 Å². The van der Waals surface area contributed by atoms with Gasteiger partial charge in [-0.05, 0) is 97.7 Å². The Kier molecular flexibility index (Phi) is 10.9. The second kappa shape index (κ2) is 16.1. The number of aromatic nitrogens is 4. The molecule has 4 amide bonds. The third kappa shape index (κ3) is 7.27. The lowest BCUT2D eigenvalue weighted by Gasteiger charge is -2.32. The number of rotatable bonds is 9. The van der Waals surface area contributed by atoms with Crippen molar-refractivity contribution in [2.45, 2.75) is 110 Å². The van der Waals surface area contributed by atoms with E-state index in [1.54, 1.807) is 0 Å². The minimum absolute atomic E-state index is 0.0156. The van der Waals surface area contributed by atoms with Gasteiger partial charge in [-0.25, -0.2) is 19.6 Å². The zero-order chi connectivity index (χ0) is 42.6. The molecule has 8 rings (SSSR count). The number of imidazole rings is 2. The third-order valence-corrected chi connectivity index (χ3v) is 12.5. The van der Waals surface area contributed by atoms with Gasteiger partial charge in [-0.15, -0.1) is 0 Å². The summed E-state index contributed by atoms with van der Waals surface area (Å²) in [4.78, 5) is 72.6. The standard InChI is InChI=1S/C45H54N8O7/c1-22(2)37(50-44(56)58-7)42(54)52-24(5)9-15-34(52)40-46-20-33(48-40)27-11-13-29-28(17-27)21-60-36-19-30-26(18-31(29)36)12-14-32-39(30)49-41(47-32)35-16-10-25(6)53(35)43(55)38(23(3)4)51-45(57)59-8/h11-14,17-20,22-25,34-35,37-38H,9-10,15-16,21H2,1-8H3,(H,46,48)(H,47,49)(H,50,56)(H,51,57)/t24-,25-,34-,35-,37?,38-/m0/s1. The molecule has 4 N–H and O–H groups in total. The molecule has 2 saturated heterocycles. The van der Waals surface area contributed by atoms with Gasteiger partial charge < -0.3 is 44.6 Å². The first kappa shape index (κ1) is 40.7. The lowest BCUT2D eigenvalue weighted by molar-refractivity contribution is -0.138. The summed E-state index contributed by atoms with van der Waals surface area (Å²) in [6, 6.07) is 12.6. The first-order valence-electron chi connectivity index (χ1n) is 20.9. The maximum Gasteiger partial charge on any atom is 0.407 e. The van der Waals surface area contributed by atoms with Gasteiger partial charge in [0.2, 0.25) is 11.8 Å². The first-order chi connectivity index (χ1) is 28.8. The zero-order valence-electron chi connectivity index (χ0n) is 35.4. The highest BCUT2D eigenvalue weighted by molar-refractivity contribution is 6.07. The van der Waals surface area contributed by atoms with Gasteiger partial charge in [-0.3, -0.25) is 9.59 Å². The van der Waals surface area contributed by atoms with Gasteiger partial charge in [0, 0.05) is 23.0 Å². The van der Waals surface area contributed by atoms with E-state index in [-0.39, 0.29) is 47.8 Å². The van der Waals surface area contributed by atoms with Crippen molar-refractivity contribution in [2.75, 3.05) is 14.2 Å². The lowest BCUT2D eigenvalue weighted by Crippen LogP contribution is -2.52. The summed E-state index contributed by atoms with van der Waals surface area (Å²) in [6.45, 7) is 12.1. The lowest BCUT2D eigenvalue weighted by atomic mass is 9.92. The Morgan fingerprint density at radius 1 is 0.767 bits per heavy atom. The third-order valence-electron chi connectivity index (χ3n) is 12.5.